The van der Waals surface area contributed by atoms with E-state index in [1.807, 2.05) is 0 Å². The van der Waals surface area contributed by atoms with Crippen LogP contribution < -0.4 is 0 Å². The fourth-order valence-electron chi connectivity index (χ4n) is 2.07. The van der Waals surface area contributed by atoms with E-state index in [1.54, 1.807) is 7.05 Å². The van der Waals surface area contributed by atoms with Gasteiger partial charge in [-0.15, -0.1) is 0 Å². The van der Waals surface area contributed by atoms with E-state index < -0.39 is 24.4 Å². The summed E-state index contributed by atoms with van der Waals surface area (Å²) < 4.78 is 0.229. The molecule has 4 atom stereocenters. The Balaban J connectivity index is 2.79. The lowest BCUT2D eigenvalue weighted by molar-refractivity contribution is -0.914. The first kappa shape index (κ1) is 12.8. The molecule has 1 rings (SSSR count). The van der Waals surface area contributed by atoms with Crippen molar-refractivity contribution in [2.24, 2.45) is 0 Å². The molecule has 6 nitrogen and oxygen atoms in total. The molecule has 1 saturated heterocycles. The lowest BCUT2D eigenvalue weighted by atomic mass is 10.1. The van der Waals surface area contributed by atoms with E-state index >= 15 is 0 Å². The maximum atomic E-state index is 9.59. The van der Waals surface area contributed by atoms with Crippen molar-refractivity contribution >= 4 is 0 Å². The standard InChI is InChI=1S/C9H20NO5/c1-10(2-3-11)4-6(12)8(14)9(15)7(13)5-10/h6-9,11-15H,2-5H2,1H3/q+1/t6-,7-,8-,9-/m1/s1. The smallest absolute Gasteiger partial charge is 0.131 e. The average Bonchev–Trinajstić information content (AvgIpc) is 2.19. The number of aliphatic hydroxyl groups is 5. The van der Waals surface area contributed by atoms with Gasteiger partial charge in [-0.05, 0) is 0 Å². The third-order valence-electron chi connectivity index (χ3n) is 3.03. The highest BCUT2D eigenvalue weighted by molar-refractivity contribution is 4.84. The van der Waals surface area contributed by atoms with E-state index in [0.29, 0.717) is 6.54 Å². The normalized spacial score (nSPS) is 47.6. The summed E-state index contributed by atoms with van der Waals surface area (Å²) in [5.74, 6) is 0. The molecule has 1 fully saturated rings. The fraction of sp³-hybridized carbons (Fsp3) is 1.00. The van der Waals surface area contributed by atoms with Gasteiger partial charge in [0.15, 0.2) is 0 Å². The van der Waals surface area contributed by atoms with Crippen LogP contribution in [0.2, 0.25) is 0 Å². The zero-order valence-electron chi connectivity index (χ0n) is 8.82. The summed E-state index contributed by atoms with van der Waals surface area (Å²) in [7, 11) is 1.76. The van der Waals surface area contributed by atoms with Crippen LogP contribution >= 0.6 is 0 Å². The van der Waals surface area contributed by atoms with Gasteiger partial charge in [0.1, 0.15) is 44.1 Å². The van der Waals surface area contributed by atoms with Crippen molar-refractivity contribution in [1.82, 2.24) is 0 Å². The van der Waals surface area contributed by atoms with Gasteiger partial charge in [0, 0.05) is 0 Å². The Kier molecular flexibility index (Phi) is 4.05. The highest BCUT2D eigenvalue weighted by Gasteiger charge is 2.42. The Bertz CT molecular complexity index is 197. The number of nitrogens with zero attached hydrogens (tertiary/aromatic N) is 1. The molecule has 0 aromatic heterocycles. The number of quaternary nitrogens is 1. The molecule has 0 aromatic rings. The third kappa shape index (κ3) is 2.87. The molecule has 0 bridgehead atoms. The minimum atomic E-state index is -1.33. The van der Waals surface area contributed by atoms with E-state index in [0.717, 1.165) is 0 Å². The number of likely N-dealkylation sites (N-methyl/N-ethyl adjacent to an activating group) is 1. The summed E-state index contributed by atoms with van der Waals surface area (Å²) in [5.41, 5.74) is 0. The molecule has 0 spiro atoms. The summed E-state index contributed by atoms with van der Waals surface area (Å²) in [5, 5.41) is 47.0. The summed E-state index contributed by atoms with van der Waals surface area (Å²) >= 11 is 0. The Morgan fingerprint density at radius 1 is 1.00 bits per heavy atom. The summed E-state index contributed by atoms with van der Waals surface area (Å²) in [6.07, 6.45) is -4.85. The number of hydrogen-bond acceptors (Lipinski definition) is 5. The SMILES string of the molecule is C[N+]1(CCO)C[C@@H](O)[C@@H](O)[C@H](O)[C@H](O)C1. The van der Waals surface area contributed by atoms with Crippen LogP contribution in [-0.2, 0) is 0 Å². The van der Waals surface area contributed by atoms with Gasteiger partial charge in [0.2, 0.25) is 0 Å². The van der Waals surface area contributed by atoms with Crippen LogP contribution in [0.1, 0.15) is 0 Å². The Morgan fingerprint density at radius 3 is 1.73 bits per heavy atom. The van der Waals surface area contributed by atoms with Crippen LogP contribution in [-0.4, -0.2) is 87.7 Å². The maximum Gasteiger partial charge on any atom is 0.131 e. The van der Waals surface area contributed by atoms with Crippen molar-refractivity contribution in [2.45, 2.75) is 24.4 Å². The highest BCUT2D eigenvalue weighted by atomic mass is 16.4. The van der Waals surface area contributed by atoms with E-state index in [1.165, 1.54) is 0 Å². The summed E-state index contributed by atoms with van der Waals surface area (Å²) in [6.45, 7) is 0.710. The second kappa shape index (κ2) is 4.73. The van der Waals surface area contributed by atoms with Gasteiger partial charge in [0.25, 0.3) is 0 Å². The molecule has 0 unspecified atom stereocenters. The van der Waals surface area contributed by atoms with Gasteiger partial charge >= 0.3 is 0 Å². The molecule has 0 aliphatic carbocycles. The minimum Gasteiger partial charge on any atom is -0.391 e. The average molecular weight is 222 g/mol. The largest absolute Gasteiger partial charge is 0.391 e. The highest BCUT2D eigenvalue weighted by Crippen LogP contribution is 2.18. The van der Waals surface area contributed by atoms with Crippen molar-refractivity contribution in [1.29, 1.82) is 0 Å². The van der Waals surface area contributed by atoms with Crippen LogP contribution in [0.4, 0.5) is 0 Å². The first-order valence-corrected chi connectivity index (χ1v) is 5.06. The van der Waals surface area contributed by atoms with Gasteiger partial charge in [0.05, 0.1) is 13.7 Å². The number of rotatable bonds is 2. The monoisotopic (exact) mass is 222 g/mol. The molecular weight excluding hydrogens is 202 g/mol. The van der Waals surface area contributed by atoms with E-state index in [2.05, 4.69) is 0 Å². The van der Waals surface area contributed by atoms with Crippen molar-refractivity contribution in [3.05, 3.63) is 0 Å². The minimum absolute atomic E-state index is 0.0673. The van der Waals surface area contributed by atoms with Crippen LogP contribution in [0.15, 0.2) is 0 Å². The summed E-state index contributed by atoms with van der Waals surface area (Å²) in [4.78, 5) is 0. The number of aliphatic hydroxyl groups excluding tert-OH is 5. The predicted octanol–water partition coefficient (Wildman–Crippen LogP) is -3.12. The molecule has 90 valence electrons. The molecule has 1 heterocycles. The van der Waals surface area contributed by atoms with Crippen LogP contribution in [0, 0.1) is 0 Å². The lowest BCUT2D eigenvalue weighted by Crippen LogP contribution is -2.53. The molecule has 0 radical (unpaired) electrons. The lowest BCUT2D eigenvalue weighted by Gasteiger charge is -2.34. The first-order valence-electron chi connectivity index (χ1n) is 5.06. The zero-order chi connectivity index (χ0) is 11.6. The van der Waals surface area contributed by atoms with Crippen molar-refractivity contribution < 1.29 is 30.0 Å². The molecule has 0 saturated carbocycles. The van der Waals surface area contributed by atoms with Crippen LogP contribution in [0.25, 0.3) is 0 Å². The van der Waals surface area contributed by atoms with E-state index in [4.69, 9.17) is 5.11 Å². The quantitative estimate of drug-likeness (QED) is 0.318. The molecule has 0 amide bonds. The fourth-order valence-corrected chi connectivity index (χ4v) is 2.07. The number of likely N-dealkylation sites (tertiary alicyclic amines) is 1. The molecule has 0 aromatic carbocycles. The maximum absolute atomic E-state index is 9.59. The van der Waals surface area contributed by atoms with Crippen molar-refractivity contribution in [2.75, 3.05) is 33.3 Å². The molecule has 5 N–H and O–H groups in total. The van der Waals surface area contributed by atoms with Gasteiger partial charge in [-0.3, -0.25) is 0 Å². The second-order valence-electron chi connectivity index (χ2n) is 4.55. The molecular formula is C9H20NO5+. The molecule has 1 aliphatic heterocycles. The Morgan fingerprint density at radius 2 is 1.40 bits per heavy atom. The van der Waals surface area contributed by atoms with E-state index in [-0.39, 0.29) is 24.2 Å². The third-order valence-corrected chi connectivity index (χ3v) is 3.03. The van der Waals surface area contributed by atoms with Gasteiger partial charge < -0.3 is 30.0 Å². The van der Waals surface area contributed by atoms with Crippen molar-refractivity contribution in [3.63, 3.8) is 0 Å². The number of hydrogen-bond donors (Lipinski definition) is 5. The van der Waals surface area contributed by atoms with Gasteiger partial charge in [-0.2, -0.15) is 0 Å². The van der Waals surface area contributed by atoms with E-state index in [9.17, 15) is 20.4 Å². The summed E-state index contributed by atoms with van der Waals surface area (Å²) in [6, 6.07) is 0. The Hall–Kier alpha value is -0.240. The molecule has 15 heavy (non-hydrogen) atoms. The second-order valence-corrected chi connectivity index (χ2v) is 4.55. The molecule has 1 aliphatic rings. The molecule has 6 heteroatoms. The predicted molar refractivity (Wildman–Crippen MR) is 51.9 cm³/mol. The first-order chi connectivity index (χ1) is 6.89. The Labute approximate surface area is 88.6 Å². The van der Waals surface area contributed by atoms with Gasteiger partial charge in [-0.1, -0.05) is 0 Å². The van der Waals surface area contributed by atoms with Crippen molar-refractivity contribution in [3.8, 4) is 0 Å². The van der Waals surface area contributed by atoms with Gasteiger partial charge in [-0.25, -0.2) is 0 Å². The zero-order valence-corrected chi connectivity index (χ0v) is 8.82. The van der Waals surface area contributed by atoms with Crippen LogP contribution in [0.3, 0.4) is 0 Å². The van der Waals surface area contributed by atoms with Crippen LogP contribution in [0.5, 0.6) is 0 Å². The topological polar surface area (TPSA) is 101 Å².